The Labute approximate surface area is 121 Å². The number of hydrogen-bond acceptors (Lipinski definition) is 3. The van der Waals surface area contributed by atoms with Crippen LogP contribution in [0.4, 0.5) is 5.69 Å². The van der Waals surface area contributed by atoms with Gasteiger partial charge in [0.1, 0.15) is 0 Å². The Bertz CT molecular complexity index is 407. The van der Waals surface area contributed by atoms with Crippen LogP contribution in [-0.4, -0.2) is 19.1 Å². The average molecular weight is 278 g/mol. The minimum Gasteiger partial charge on any atom is -0.381 e. The van der Waals surface area contributed by atoms with Crippen LogP contribution in [0, 0.1) is 5.41 Å². The molecule has 1 amide bonds. The summed E-state index contributed by atoms with van der Waals surface area (Å²) in [5, 5.41) is 2.84. The van der Waals surface area contributed by atoms with Gasteiger partial charge in [0.05, 0.1) is 13.0 Å². The molecule has 1 aromatic carbocycles. The van der Waals surface area contributed by atoms with Crippen molar-refractivity contribution in [1.29, 1.82) is 0 Å². The van der Waals surface area contributed by atoms with Gasteiger partial charge in [0.25, 0.3) is 0 Å². The highest BCUT2D eigenvalue weighted by Gasteiger charge is 2.09. The van der Waals surface area contributed by atoms with Gasteiger partial charge in [-0.3, -0.25) is 4.79 Å². The first kappa shape index (κ1) is 16.7. The lowest BCUT2D eigenvalue weighted by Gasteiger charge is -2.17. The SMILES string of the molecule is CC(C)(C)CCOCCC(=O)Nc1ccc(CN)cc1. The maximum atomic E-state index is 11.7. The molecule has 3 N–H and O–H groups in total. The van der Waals surface area contributed by atoms with Crippen LogP contribution in [0.25, 0.3) is 0 Å². The lowest BCUT2D eigenvalue weighted by molar-refractivity contribution is -0.117. The number of nitrogens with one attached hydrogen (secondary N) is 1. The normalized spacial score (nSPS) is 11.4. The fraction of sp³-hybridized carbons (Fsp3) is 0.562. The maximum absolute atomic E-state index is 11.7. The molecule has 0 saturated carbocycles. The van der Waals surface area contributed by atoms with Gasteiger partial charge in [0, 0.05) is 18.8 Å². The predicted molar refractivity (Wildman–Crippen MR) is 82.5 cm³/mol. The fourth-order valence-corrected chi connectivity index (χ4v) is 1.59. The molecule has 20 heavy (non-hydrogen) atoms. The second kappa shape index (κ2) is 8.02. The number of rotatable bonds is 7. The highest BCUT2D eigenvalue weighted by molar-refractivity contribution is 5.90. The van der Waals surface area contributed by atoms with Crippen molar-refractivity contribution in [3.63, 3.8) is 0 Å². The third-order valence-electron chi connectivity index (χ3n) is 2.94. The van der Waals surface area contributed by atoms with Crippen molar-refractivity contribution in [3.8, 4) is 0 Å². The van der Waals surface area contributed by atoms with Crippen molar-refractivity contribution < 1.29 is 9.53 Å². The van der Waals surface area contributed by atoms with Crippen LogP contribution < -0.4 is 11.1 Å². The monoisotopic (exact) mass is 278 g/mol. The number of ether oxygens (including phenoxy) is 1. The first-order valence-electron chi connectivity index (χ1n) is 7.07. The highest BCUT2D eigenvalue weighted by atomic mass is 16.5. The zero-order valence-corrected chi connectivity index (χ0v) is 12.7. The zero-order valence-electron chi connectivity index (χ0n) is 12.7. The minimum atomic E-state index is -0.0266. The van der Waals surface area contributed by atoms with E-state index in [2.05, 4.69) is 26.1 Å². The molecule has 4 heteroatoms. The van der Waals surface area contributed by atoms with E-state index < -0.39 is 0 Å². The highest BCUT2D eigenvalue weighted by Crippen LogP contribution is 2.17. The quantitative estimate of drug-likeness (QED) is 0.754. The van der Waals surface area contributed by atoms with Gasteiger partial charge in [-0.25, -0.2) is 0 Å². The number of anilines is 1. The summed E-state index contributed by atoms with van der Waals surface area (Å²) in [5.74, 6) is -0.0266. The van der Waals surface area contributed by atoms with Crippen molar-refractivity contribution in [1.82, 2.24) is 0 Å². The fourth-order valence-electron chi connectivity index (χ4n) is 1.59. The number of benzene rings is 1. The van der Waals surface area contributed by atoms with E-state index in [1.165, 1.54) is 0 Å². The summed E-state index contributed by atoms with van der Waals surface area (Å²) in [6.07, 6.45) is 1.37. The predicted octanol–water partition coefficient (Wildman–Crippen LogP) is 2.93. The summed E-state index contributed by atoms with van der Waals surface area (Å²) in [6.45, 7) is 8.19. The zero-order chi connectivity index (χ0) is 15.0. The third-order valence-corrected chi connectivity index (χ3v) is 2.94. The van der Waals surface area contributed by atoms with E-state index >= 15 is 0 Å². The molecule has 4 nitrogen and oxygen atoms in total. The lowest BCUT2D eigenvalue weighted by Crippen LogP contribution is -2.15. The molecule has 0 aliphatic heterocycles. The molecular weight excluding hydrogens is 252 g/mol. The second-order valence-corrected chi connectivity index (χ2v) is 6.12. The Kier molecular flexibility index (Phi) is 6.68. The smallest absolute Gasteiger partial charge is 0.226 e. The Hall–Kier alpha value is -1.39. The molecule has 0 fully saturated rings. The number of carbonyl (C=O) groups excluding carboxylic acids is 1. The molecule has 0 aliphatic carbocycles. The molecule has 0 aliphatic rings. The van der Waals surface area contributed by atoms with E-state index in [1.54, 1.807) is 0 Å². The van der Waals surface area contributed by atoms with Gasteiger partial charge < -0.3 is 15.8 Å². The van der Waals surface area contributed by atoms with E-state index in [1.807, 2.05) is 24.3 Å². The van der Waals surface area contributed by atoms with Crippen molar-refractivity contribution in [2.75, 3.05) is 18.5 Å². The summed E-state index contributed by atoms with van der Waals surface area (Å²) in [6, 6.07) is 7.55. The molecule has 0 heterocycles. The number of hydrogen-bond donors (Lipinski definition) is 2. The molecular formula is C16H26N2O2. The molecule has 0 unspecified atom stereocenters. The Morgan fingerprint density at radius 1 is 1.20 bits per heavy atom. The topological polar surface area (TPSA) is 64.3 Å². The Morgan fingerprint density at radius 2 is 1.85 bits per heavy atom. The van der Waals surface area contributed by atoms with E-state index in [-0.39, 0.29) is 11.3 Å². The van der Waals surface area contributed by atoms with Crippen LogP contribution >= 0.6 is 0 Å². The third kappa shape index (κ3) is 7.26. The summed E-state index contributed by atoms with van der Waals surface area (Å²) in [5.41, 5.74) is 7.64. The van der Waals surface area contributed by atoms with Crippen LogP contribution in [0.3, 0.4) is 0 Å². The molecule has 0 aromatic heterocycles. The van der Waals surface area contributed by atoms with Gasteiger partial charge in [0.2, 0.25) is 5.91 Å². The first-order chi connectivity index (χ1) is 9.40. The number of amides is 1. The van der Waals surface area contributed by atoms with E-state index in [0.29, 0.717) is 26.2 Å². The van der Waals surface area contributed by atoms with Gasteiger partial charge in [-0.05, 0) is 29.5 Å². The molecule has 0 radical (unpaired) electrons. The van der Waals surface area contributed by atoms with Gasteiger partial charge in [-0.2, -0.15) is 0 Å². The lowest BCUT2D eigenvalue weighted by atomic mass is 9.93. The van der Waals surface area contributed by atoms with Crippen LogP contribution in [0.2, 0.25) is 0 Å². The van der Waals surface area contributed by atoms with Crippen LogP contribution in [-0.2, 0) is 16.1 Å². The molecule has 0 bridgehead atoms. The summed E-state index contributed by atoms with van der Waals surface area (Å²) < 4.78 is 5.48. The van der Waals surface area contributed by atoms with Crippen molar-refractivity contribution in [2.24, 2.45) is 11.1 Å². The van der Waals surface area contributed by atoms with E-state index in [9.17, 15) is 4.79 Å². The van der Waals surface area contributed by atoms with Gasteiger partial charge in [0.15, 0.2) is 0 Å². The second-order valence-electron chi connectivity index (χ2n) is 6.12. The molecule has 1 aromatic rings. The van der Waals surface area contributed by atoms with Crippen molar-refractivity contribution in [2.45, 2.75) is 40.2 Å². The molecule has 0 spiro atoms. The van der Waals surface area contributed by atoms with E-state index in [4.69, 9.17) is 10.5 Å². The van der Waals surface area contributed by atoms with Crippen molar-refractivity contribution >= 4 is 11.6 Å². The number of carbonyl (C=O) groups is 1. The molecule has 0 atom stereocenters. The Balaban J connectivity index is 2.19. The molecule has 0 saturated heterocycles. The average Bonchev–Trinajstić information content (AvgIpc) is 2.38. The van der Waals surface area contributed by atoms with E-state index in [0.717, 1.165) is 17.7 Å². The van der Waals surface area contributed by atoms with Crippen LogP contribution in [0.1, 0.15) is 39.2 Å². The standard InChI is InChI=1S/C16H26N2O2/c1-16(2,3)9-11-20-10-8-15(19)18-14-6-4-13(12-17)5-7-14/h4-7H,8-12,17H2,1-3H3,(H,18,19). The van der Waals surface area contributed by atoms with Gasteiger partial charge in [-0.15, -0.1) is 0 Å². The van der Waals surface area contributed by atoms with Gasteiger partial charge in [-0.1, -0.05) is 32.9 Å². The van der Waals surface area contributed by atoms with Crippen molar-refractivity contribution in [3.05, 3.63) is 29.8 Å². The summed E-state index contributed by atoms with van der Waals surface area (Å²) in [7, 11) is 0. The largest absolute Gasteiger partial charge is 0.381 e. The summed E-state index contributed by atoms with van der Waals surface area (Å²) >= 11 is 0. The summed E-state index contributed by atoms with van der Waals surface area (Å²) in [4.78, 5) is 11.7. The minimum absolute atomic E-state index is 0.0266. The van der Waals surface area contributed by atoms with Crippen LogP contribution in [0.5, 0.6) is 0 Å². The number of nitrogens with two attached hydrogens (primary N) is 1. The van der Waals surface area contributed by atoms with Crippen LogP contribution in [0.15, 0.2) is 24.3 Å². The molecule has 1 rings (SSSR count). The first-order valence-corrected chi connectivity index (χ1v) is 7.07. The Morgan fingerprint density at radius 3 is 2.40 bits per heavy atom. The van der Waals surface area contributed by atoms with Gasteiger partial charge >= 0.3 is 0 Å². The maximum Gasteiger partial charge on any atom is 0.226 e. The molecule has 112 valence electrons.